The van der Waals surface area contributed by atoms with E-state index in [0.717, 1.165) is 5.75 Å². The Morgan fingerprint density at radius 3 is 1.86 bits per heavy atom. The first-order valence-electron chi connectivity index (χ1n) is 6.23. The molecule has 3 amide bonds. The van der Waals surface area contributed by atoms with Gasteiger partial charge in [0.15, 0.2) is 0 Å². The van der Waals surface area contributed by atoms with E-state index in [2.05, 4.69) is 16.0 Å². The molecule has 0 radical (unpaired) electrons. The Bertz CT molecular complexity index is 609. The van der Waals surface area contributed by atoms with Gasteiger partial charge in [0, 0.05) is 17.1 Å². The van der Waals surface area contributed by atoms with E-state index in [1.54, 1.807) is 55.6 Å². The van der Waals surface area contributed by atoms with Gasteiger partial charge in [0.25, 0.3) is 0 Å². The van der Waals surface area contributed by atoms with E-state index >= 15 is 0 Å². The normalized spacial score (nSPS) is 9.57. The average molecular weight is 285 g/mol. The van der Waals surface area contributed by atoms with Gasteiger partial charge < -0.3 is 20.7 Å². The molecular weight excluding hydrogens is 270 g/mol. The number of carbonyl (C=O) groups excluding carboxylic acids is 2. The summed E-state index contributed by atoms with van der Waals surface area (Å²) >= 11 is 0. The molecule has 0 saturated carbocycles. The number of carbonyl (C=O) groups is 2. The molecule has 108 valence electrons. The average Bonchev–Trinajstić information content (AvgIpc) is 2.50. The smallest absolute Gasteiger partial charge is 0.323 e. The van der Waals surface area contributed by atoms with Crippen LogP contribution in [0.15, 0.2) is 48.5 Å². The summed E-state index contributed by atoms with van der Waals surface area (Å²) < 4.78 is 5.04. The molecule has 0 heterocycles. The molecule has 0 fully saturated rings. The maximum Gasteiger partial charge on any atom is 0.323 e. The molecule has 2 rings (SSSR count). The maximum absolute atomic E-state index is 11.8. The standard InChI is InChI=1S/C15H15N3O3/c1-21-14-8-6-13(7-9-14)18-15(20)17-12-4-2-11(3-5-12)16-10-19/h2-10H,1H3,(H,16,19)(H2,17,18,20). The summed E-state index contributed by atoms with van der Waals surface area (Å²) in [4.78, 5) is 22.1. The molecule has 0 aliphatic rings. The number of hydrogen-bond donors (Lipinski definition) is 3. The fraction of sp³-hybridized carbons (Fsp3) is 0.0667. The Kier molecular flexibility index (Phi) is 4.76. The predicted octanol–water partition coefficient (Wildman–Crippen LogP) is 2.91. The molecule has 0 spiro atoms. The van der Waals surface area contributed by atoms with Crippen LogP contribution < -0.4 is 20.7 Å². The molecule has 3 N–H and O–H groups in total. The summed E-state index contributed by atoms with van der Waals surface area (Å²) in [6.07, 6.45) is 0.596. The highest BCUT2D eigenvalue weighted by molar-refractivity contribution is 5.99. The Labute approximate surface area is 122 Å². The molecule has 6 heteroatoms. The van der Waals surface area contributed by atoms with Crippen molar-refractivity contribution in [3.8, 4) is 5.75 Å². The molecule has 0 saturated heterocycles. The number of methoxy groups -OCH3 is 1. The van der Waals surface area contributed by atoms with Gasteiger partial charge in [-0.15, -0.1) is 0 Å². The van der Waals surface area contributed by atoms with Crippen molar-refractivity contribution in [1.82, 2.24) is 0 Å². The van der Waals surface area contributed by atoms with Crippen LogP contribution in [0.4, 0.5) is 21.9 Å². The molecule has 0 atom stereocenters. The van der Waals surface area contributed by atoms with Gasteiger partial charge in [-0.1, -0.05) is 0 Å². The van der Waals surface area contributed by atoms with Crippen LogP contribution in [0, 0.1) is 0 Å². The van der Waals surface area contributed by atoms with Gasteiger partial charge in [0.2, 0.25) is 6.41 Å². The van der Waals surface area contributed by atoms with E-state index in [9.17, 15) is 9.59 Å². The third-order valence-electron chi connectivity index (χ3n) is 2.72. The highest BCUT2D eigenvalue weighted by Gasteiger charge is 2.03. The molecule has 0 aliphatic carbocycles. The van der Waals surface area contributed by atoms with Gasteiger partial charge in [-0.3, -0.25) is 4.79 Å². The number of urea groups is 1. The van der Waals surface area contributed by atoms with E-state index in [1.165, 1.54) is 0 Å². The van der Waals surface area contributed by atoms with Crippen LogP contribution in [0.2, 0.25) is 0 Å². The molecule has 2 aromatic carbocycles. The summed E-state index contributed by atoms with van der Waals surface area (Å²) in [6, 6.07) is 13.4. The van der Waals surface area contributed by atoms with E-state index in [0.29, 0.717) is 23.5 Å². The van der Waals surface area contributed by atoms with Crippen molar-refractivity contribution >= 4 is 29.5 Å². The second kappa shape index (κ2) is 6.95. The van der Waals surface area contributed by atoms with Crippen molar-refractivity contribution in [3.05, 3.63) is 48.5 Å². The molecule has 0 bridgehead atoms. The van der Waals surface area contributed by atoms with Crippen LogP contribution in [0.25, 0.3) is 0 Å². The number of rotatable bonds is 5. The summed E-state index contributed by atoms with van der Waals surface area (Å²) in [5, 5.41) is 7.91. The lowest BCUT2D eigenvalue weighted by atomic mass is 10.3. The minimum absolute atomic E-state index is 0.351. The van der Waals surface area contributed by atoms with Gasteiger partial charge in [0.1, 0.15) is 5.75 Å². The second-order valence-corrected chi connectivity index (χ2v) is 4.15. The number of benzene rings is 2. The fourth-order valence-corrected chi connectivity index (χ4v) is 1.69. The number of anilines is 3. The lowest BCUT2D eigenvalue weighted by Gasteiger charge is -2.08. The third kappa shape index (κ3) is 4.24. The molecule has 0 unspecified atom stereocenters. The second-order valence-electron chi connectivity index (χ2n) is 4.15. The van der Waals surface area contributed by atoms with E-state index in [4.69, 9.17) is 4.74 Å². The Hall–Kier alpha value is -3.02. The molecule has 21 heavy (non-hydrogen) atoms. The molecule has 2 aromatic rings. The Morgan fingerprint density at radius 1 is 0.905 bits per heavy atom. The van der Waals surface area contributed by atoms with Gasteiger partial charge in [-0.2, -0.15) is 0 Å². The predicted molar refractivity (Wildman–Crippen MR) is 81.8 cm³/mol. The summed E-state index contributed by atoms with van der Waals surface area (Å²) in [5.41, 5.74) is 1.94. The first-order valence-corrected chi connectivity index (χ1v) is 6.23. The molecular formula is C15H15N3O3. The molecule has 6 nitrogen and oxygen atoms in total. The zero-order valence-electron chi connectivity index (χ0n) is 11.4. The number of amides is 3. The minimum Gasteiger partial charge on any atom is -0.497 e. The summed E-state index contributed by atoms with van der Waals surface area (Å²) in [6.45, 7) is 0. The van der Waals surface area contributed by atoms with Crippen molar-refractivity contribution in [3.63, 3.8) is 0 Å². The number of nitrogens with one attached hydrogen (secondary N) is 3. The van der Waals surface area contributed by atoms with Crippen molar-refractivity contribution in [2.24, 2.45) is 0 Å². The van der Waals surface area contributed by atoms with E-state index in [-0.39, 0.29) is 6.03 Å². The highest BCUT2D eigenvalue weighted by Crippen LogP contribution is 2.16. The van der Waals surface area contributed by atoms with Crippen LogP contribution in [0.5, 0.6) is 5.75 Å². The molecule has 0 aliphatic heterocycles. The Balaban J connectivity index is 1.92. The lowest BCUT2D eigenvalue weighted by molar-refractivity contribution is -0.105. The fourth-order valence-electron chi connectivity index (χ4n) is 1.69. The topological polar surface area (TPSA) is 79.5 Å². The summed E-state index contributed by atoms with van der Waals surface area (Å²) in [7, 11) is 1.58. The van der Waals surface area contributed by atoms with Gasteiger partial charge in [0.05, 0.1) is 7.11 Å². The van der Waals surface area contributed by atoms with E-state index < -0.39 is 0 Å². The lowest BCUT2D eigenvalue weighted by Crippen LogP contribution is -2.19. The maximum atomic E-state index is 11.8. The van der Waals surface area contributed by atoms with Crippen molar-refractivity contribution in [2.45, 2.75) is 0 Å². The zero-order chi connectivity index (χ0) is 15.1. The highest BCUT2D eigenvalue weighted by atomic mass is 16.5. The first kappa shape index (κ1) is 14.4. The van der Waals surface area contributed by atoms with Crippen molar-refractivity contribution in [2.75, 3.05) is 23.1 Å². The number of ether oxygens (including phenoxy) is 1. The third-order valence-corrected chi connectivity index (χ3v) is 2.72. The SMILES string of the molecule is COc1ccc(NC(=O)Nc2ccc(NC=O)cc2)cc1. The van der Waals surface area contributed by atoms with E-state index in [1.807, 2.05) is 0 Å². The van der Waals surface area contributed by atoms with Crippen LogP contribution in [-0.4, -0.2) is 19.6 Å². The van der Waals surface area contributed by atoms with Gasteiger partial charge in [-0.25, -0.2) is 4.79 Å². The quantitative estimate of drug-likeness (QED) is 0.739. The first-order chi connectivity index (χ1) is 10.2. The largest absolute Gasteiger partial charge is 0.497 e. The monoisotopic (exact) mass is 285 g/mol. The van der Waals surface area contributed by atoms with Crippen LogP contribution in [-0.2, 0) is 4.79 Å². The molecule has 0 aromatic heterocycles. The van der Waals surface area contributed by atoms with Crippen LogP contribution in [0.1, 0.15) is 0 Å². The zero-order valence-corrected chi connectivity index (χ0v) is 11.4. The summed E-state index contributed by atoms with van der Waals surface area (Å²) in [5.74, 6) is 0.722. The van der Waals surface area contributed by atoms with Crippen LogP contribution >= 0.6 is 0 Å². The number of hydrogen-bond acceptors (Lipinski definition) is 3. The van der Waals surface area contributed by atoms with Gasteiger partial charge in [-0.05, 0) is 48.5 Å². The van der Waals surface area contributed by atoms with Crippen LogP contribution in [0.3, 0.4) is 0 Å². The van der Waals surface area contributed by atoms with Crippen molar-refractivity contribution < 1.29 is 14.3 Å². The van der Waals surface area contributed by atoms with Gasteiger partial charge >= 0.3 is 6.03 Å². The Morgan fingerprint density at radius 2 is 1.38 bits per heavy atom. The van der Waals surface area contributed by atoms with Crippen molar-refractivity contribution in [1.29, 1.82) is 0 Å². The minimum atomic E-state index is -0.351.